The highest BCUT2D eigenvalue weighted by atomic mass is 16.5. The van der Waals surface area contributed by atoms with Gasteiger partial charge in [-0.3, -0.25) is 4.79 Å². The van der Waals surface area contributed by atoms with Crippen LogP contribution in [-0.4, -0.2) is 71.8 Å². The third-order valence-corrected chi connectivity index (χ3v) is 6.86. The van der Waals surface area contributed by atoms with Crippen molar-refractivity contribution in [2.75, 3.05) is 50.1 Å². The van der Waals surface area contributed by atoms with Gasteiger partial charge in [0.1, 0.15) is 17.4 Å². The average Bonchev–Trinajstić information content (AvgIpc) is 3.46. The van der Waals surface area contributed by atoms with E-state index in [1.54, 1.807) is 4.90 Å². The first-order valence-corrected chi connectivity index (χ1v) is 12.1. The molecule has 3 aromatic rings. The quantitative estimate of drug-likeness (QED) is 0.625. The van der Waals surface area contributed by atoms with E-state index in [-0.39, 0.29) is 18.0 Å². The first-order valence-electron chi connectivity index (χ1n) is 12.1. The number of hydrogen-bond donors (Lipinski definition) is 1. The molecule has 0 aliphatic carbocycles. The third kappa shape index (κ3) is 4.16. The van der Waals surface area contributed by atoms with E-state index in [9.17, 15) is 4.79 Å². The number of hydrogen-bond acceptors (Lipinski definition) is 7. The molecule has 2 aromatic heterocycles. The molecule has 0 saturated carbocycles. The maximum Gasteiger partial charge on any atom is 0.254 e. The normalized spacial score (nSPS) is 21.6. The zero-order valence-corrected chi connectivity index (χ0v) is 20.1. The molecule has 1 saturated heterocycles. The van der Waals surface area contributed by atoms with Gasteiger partial charge in [0.15, 0.2) is 5.65 Å². The highest BCUT2D eigenvalue weighted by molar-refractivity contribution is 5.94. The van der Waals surface area contributed by atoms with Crippen molar-refractivity contribution >= 4 is 23.2 Å². The Labute approximate surface area is 200 Å². The van der Waals surface area contributed by atoms with Gasteiger partial charge in [-0.05, 0) is 37.5 Å². The van der Waals surface area contributed by atoms with Gasteiger partial charge in [-0.15, -0.1) is 0 Å². The lowest BCUT2D eigenvalue weighted by Gasteiger charge is -2.26. The van der Waals surface area contributed by atoms with Crippen LogP contribution >= 0.6 is 0 Å². The fraction of sp³-hybridized carbons (Fsp3) is 0.480. The van der Waals surface area contributed by atoms with E-state index in [1.807, 2.05) is 41.9 Å². The lowest BCUT2D eigenvalue weighted by atomic mass is 10.1. The summed E-state index contributed by atoms with van der Waals surface area (Å²) in [5.41, 5.74) is 8.39. The minimum absolute atomic E-state index is 0.0544. The fourth-order valence-corrected chi connectivity index (χ4v) is 4.91. The van der Waals surface area contributed by atoms with Crippen LogP contribution in [0.2, 0.25) is 0 Å². The van der Waals surface area contributed by atoms with E-state index in [4.69, 9.17) is 20.6 Å². The molecule has 1 amide bonds. The largest absolute Gasteiger partial charge is 0.494 e. The molecule has 1 aromatic carbocycles. The van der Waals surface area contributed by atoms with Crippen molar-refractivity contribution in [2.24, 2.45) is 5.73 Å². The third-order valence-electron chi connectivity index (χ3n) is 6.86. The summed E-state index contributed by atoms with van der Waals surface area (Å²) in [5, 5.41) is 4.95. The summed E-state index contributed by atoms with van der Waals surface area (Å²) in [6, 6.07) is 11.5. The monoisotopic (exact) mass is 463 g/mol. The summed E-state index contributed by atoms with van der Waals surface area (Å²) in [6.45, 7) is 5.12. The number of benzene rings is 1. The summed E-state index contributed by atoms with van der Waals surface area (Å²) >= 11 is 0. The SMILES string of the molecule is CCC1c2cc3nc(N4CC[C@H](N)C4)cc(n3n2)N(C)CCCOc2cccc(c2)C(=O)N1C. The van der Waals surface area contributed by atoms with Crippen LogP contribution < -0.4 is 20.3 Å². The molecule has 9 heteroatoms. The van der Waals surface area contributed by atoms with Gasteiger partial charge in [0.25, 0.3) is 5.91 Å². The molecule has 4 heterocycles. The Hall–Kier alpha value is -3.33. The average molecular weight is 464 g/mol. The summed E-state index contributed by atoms with van der Waals surface area (Å²) in [4.78, 5) is 24.5. The molecule has 34 heavy (non-hydrogen) atoms. The van der Waals surface area contributed by atoms with Crippen molar-refractivity contribution in [3.63, 3.8) is 0 Å². The number of nitrogens with two attached hydrogens (primary N) is 1. The smallest absolute Gasteiger partial charge is 0.254 e. The number of nitrogens with zero attached hydrogens (tertiary/aromatic N) is 6. The zero-order chi connectivity index (χ0) is 23.8. The Bertz CT molecular complexity index is 1190. The molecule has 2 aliphatic rings. The van der Waals surface area contributed by atoms with Crippen molar-refractivity contribution in [2.45, 2.75) is 38.3 Å². The Morgan fingerprint density at radius 1 is 1.18 bits per heavy atom. The van der Waals surface area contributed by atoms with Crippen LogP contribution in [0.3, 0.4) is 0 Å². The summed E-state index contributed by atoms with van der Waals surface area (Å²) < 4.78 is 7.87. The lowest BCUT2D eigenvalue weighted by molar-refractivity contribution is 0.0722. The lowest BCUT2D eigenvalue weighted by Crippen LogP contribution is -2.31. The second-order valence-corrected chi connectivity index (χ2v) is 9.30. The standard InChI is InChI=1S/C25H33N7O2/c1-4-21-20-14-23-27-22(31-11-9-18(26)16-31)15-24(32(23)28-20)29(2)10-6-12-34-19-8-5-7-17(13-19)25(33)30(21)3/h5,7-8,13-15,18,21H,4,6,9-12,16,26H2,1-3H3/t18-,21?/m0/s1. The molecule has 9 nitrogen and oxygen atoms in total. The number of carbonyl (C=O) groups is 1. The number of aromatic nitrogens is 3. The van der Waals surface area contributed by atoms with Crippen molar-refractivity contribution in [3.05, 3.63) is 47.7 Å². The Morgan fingerprint density at radius 2 is 2.03 bits per heavy atom. The molecular weight excluding hydrogens is 430 g/mol. The highest BCUT2D eigenvalue weighted by Crippen LogP contribution is 2.30. The number of rotatable bonds is 2. The number of fused-ring (bicyclic) bond motifs is 3. The van der Waals surface area contributed by atoms with Gasteiger partial charge >= 0.3 is 0 Å². The molecule has 0 radical (unpaired) electrons. The molecule has 0 spiro atoms. The highest BCUT2D eigenvalue weighted by Gasteiger charge is 2.27. The molecular formula is C25H33N7O2. The maximum absolute atomic E-state index is 13.3. The summed E-state index contributed by atoms with van der Waals surface area (Å²) in [7, 11) is 3.91. The van der Waals surface area contributed by atoms with E-state index in [0.29, 0.717) is 17.9 Å². The Morgan fingerprint density at radius 3 is 2.79 bits per heavy atom. The van der Waals surface area contributed by atoms with E-state index < -0.39 is 0 Å². The van der Waals surface area contributed by atoms with Gasteiger partial charge in [0, 0.05) is 57.5 Å². The van der Waals surface area contributed by atoms with Gasteiger partial charge in [0.05, 0.1) is 18.3 Å². The summed E-state index contributed by atoms with van der Waals surface area (Å²) in [5.74, 6) is 2.54. The molecule has 2 aliphatic heterocycles. The second kappa shape index (κ2) is 9.13. The van der Waals surface area contributed by atoms with E-state index in [1.165, 1.54) is 0 Å². The first-order chi connectivity index (χ1) is 16.4. The van der Waals surface area contributed by atoms with Crippen LogP contribution in [-0.2, 0) is 0 Å². The predicted octanol–water partition coefficient (Wildman–Crippen LogP) is 2.71. The van der Waals surface area contributed by atoms with Crippen molar-refractivity contribution in [3.8, 4) is 5.75 Å². The molecule has 4 bridgehead atoms. The van der Waals surface area contributed by atoms with Crippen LogP contribution in [0.1, 0.15) is 48.3 Å². The van der Waals surface area contributed by atoms with E-state index in [0.717, 1.165) is 61.9 Å². The second-order valence-electron chi connectivity index (χ2n) is 9.30. The van der Waals surface area contributed by atoms with Crippen LogP contribution in [0.4, 0.5) is 11.6 Å². The van der Waals surface area contributed by atoms with Gasteiger partial charge in [-0.1, -0.05) is 13.0 Å². The van der Waals surface area contributed by atoms with Crippen LogP contribution in [0.5, 0.6) is 5.75 Å². The van der Waals surface area contributed by atoms with Crippen molar-refractivity contribution < 1.29 is 9.53 Å². The number of anilines is 2. The maximum atomic E-state index is 13.3. The number of carbonyl (C=O) groups excluding carboxylic acids is 1. The van der Waals surface area contributed by atoms with Gasteiger partial charge in [-0.2, -0.15) is 9.61 Å². The minimum Gasteiger partial charge on any atom is -0.494 e. The molecule has 180 valence electrons. The summed E-state index contributed by atoms with van der Waals surface area (Å²) in [6.07, 6.45) is 2.53. The van der Waals surface area contributed by atoms with Crippen LogP contribution in [0, 0.1) is 0 Å². The van der Waals surface area contributed by atoms with Gasteiger partial charge < -0.3 is 25.2 Å². The first kappa shape index (κ1) is 22.5. The zero-order valence-electron chi connectivity index (χ0n) is 20.1. The van der Waals surface area contributed by atoms with Gasteiger partial charge in [-0.25, -0.2) is 4.98 Å². The molecule has 2 N–H and O–H groups in total. The van der Waals surface area contributed by atoms with Crippen molar-refractivity contribution in [1.82, 2.24) is 19.5 Å². The van der Waals surface area contributed by atoms with Crippen LogP contribution in [0.15, 0.2) is 36.4 Å². The topological polar surface area (TPSA) is 92.2 Å². The minimum atomic E-state index is -0.175. The predicted molar refractivity (Wildman–Crippen MR) is 133 cm³/mol. The van der Waals surface area contributed by atoms with Crippen LogP contribution in [0.25, 0.3) is 5.65 Å². The number of ether oxygens (including phenoxy) is 1. The Kier molecular flexibility index (Phi) is 6.03. The molecule has 5 rings (SSSR count). The molecule has 1 fully saturated rings. The van der Waals surface area contributed by atoms with Crippen molar-refractivity contribution in [1.29, 1.82) is 0 Å². The van der Waals surface area contributed by atoms with E-state index in [2.05, 4.69) is 29.8 Å². The molecule has 2 atom stereocenters. The number of amides is 1. The van der Waals surface area contributed by atoms with Gasteiger partial charge in [0.2, 0.25) is 0 Å². The fourth-order valence-electron chi connectivity index (χ4n) is 4.91. The van der Waals surface area contributed by atoms with E-state index >= 15 is 0 Å². The molecule has 1 unspecified atom stereocenters. The Balaban J connectivity index is 1.61.